The van der Waals surface area contributed by atoms with E-state index in [0.717, 1.165) is 5.56 Å². The van der Waals surface area contributed by atoms with Crippen molar-refractivity contribution in [2.24, 2.45) is 0 Å². The van der Waals surface area contributed by atoms with Crippen LogP contribution in [-0.2, 0) is 0 Å². The van der Waals surface area contributed by atoms with Gasteiger partial charge in [-0.2, -0.15) is 0 Å². The Kier molecular flexibility index (Phi) is 4.65. The molecule has 3 rings (SSSR count). The van der Waals surface area contributed by atoms with Crippen molar-refractivity contribution in [3.63, 3.8) is 0 Å². The number of hydrogen-bond acceptors (Lipinski definition) is 6. The number of hydrogen-bond donors (Lipinski definition) is 1. The average molecular weight is 339 g/mol. The Hall–Kier alpha value is -3.35. The van der Waals surface area contributed by atoms with Gasteiger partial charge < -0.3 is 19.2 Å². The molecule has 7 nitrogen and oxygen atoms in total. The zero-order valence-corrected chi connectivity index (χ0v) is 14.1. The van der Waals surface area contributed by atoms with Crippen molar-refractivity contribution >= 4 is 23.2 Å². The van der Waals surface area contributed by atoms with Gasteiger partial charge >= 0.3 is 0 Å². The summed E-state index contributed by atoms with van der Waals surface area (Å²) in [6.07, 6.45) is 5.08. The third-order valence-corrected chi connectivity index (χ3v) is 3.62. The fourth-order valence-corrected chi connectivity index (χ4v) is 2.44. The predicted octanol–water partition coefficient (Wildman–Crippen LogP) is 2.51. The van der Waals surface area contributed by atoms with Gasteiger partial charge in [0.15, 0.2) is 17.1 Å². The summed E-state index contributed by atoms with van der Waals surface area (Å²) in [6, 6.07) is 6.98. The van der Waals surface area contributed by atoms with E-state index >= 15 is 0 Å². The Bertz CT molecular complexity index is 970. The van der Waals surface area contributed by atoms with E-state index in [9.17, 15) is 4.79 Å². The molecule has 0 atom stereocenters. The van der Waals surface area contributed by atoms with Gasteiger partial charge in [-0.25, -0.2) is 9.97 Å². The molecule has 0 unspecified atom stereocenters. The lowest BCUT2D eigenvalue weighted by Gasteiger charge is -2.12. The second-order valence-electron chi connectivity index (χ2n) is 5.12. The van der Waals surface area contributed by atoms with Gasteiger partial charge in [0.1, 0.15) is 5.82 Å². The molecule has 3 aromatic rings. The predicted molar refractivity (Wildman–Crippen MR) is 95.2 cm³/mol. The van der Waals surface area contributed by atoms with Gasteiger partial charge in [0, 0.05) is 6.20 Å². The van der Waals surface area contributed by atoms with Crippen LogP contribution in [0.15, 0.2) is 35.3 Å². The molecule has 1 aromatic carbocycles. The van der Waals surface area contributed by atoms with E-state index in [1.165, 1.54) is 0 Å². The van der Waals surface area contributed by atoms with Gasteiger partial charge in [0.2, 0.25) is 5.75 Å². The number of nitrogens with one attached hydrogen (secondary N) is 1. The lowest BCUT2D eigenvalue weighted by Crippen LogP contribution is -2.10. The highest BCUT2D eigenvalue weighted by Gasteiger charge is 2.12. The van der Waals surface area contributed by atoms with Crippen molar-refractivity contribution in [1.82, 2.24) is 15.0 Å². The second kappa shape index (κ2) is 7.04. The summed E-state index contributed by atoms with van der Waals surface area (Å²) in [5.41, 5.74) is 0.969. The first kappa shape index (κ1) is 16.5. The average Bonchev–Trinajstić information content (AvgIpc) is 2.65. The summed E-state index contributed by atoms with van der Waals surface area (Å²) in [7, 11) is 4.66. The maximum absolute atomic E-state index is 12.1. The summed E-state index contributed by atoms with van der Waals surface area (Å²) in [6.45, 7) is 0. The molecule has 0 aliphatic carbocycles. The number of pyridine rings is 1. The first-order chi connectivity index (χ1) is 12.2. The highest BCUT2D eigenvalue weighted by atomic mass is 16.5. The molecular weight excluding hydrogens is 322 g/mol. The Morgan fingerprint density at radius 2 is 1.76 bits per heavy atom. The topological polar surface area (TPSA) is 86.3 Å². The van der Waals surface area contributed by atoms with Crippen molar-refractivity contribution in [3.05, 3.63) is 52.2 Å². The third-order valence-electron chi connectivity index (χ3n) is 3.62. The van der Waals surface area contributed by atoms with Crippen molar-refractivity contribution in [3.8, 4) is 17.2 Å². The quantitative estimate of drug-likeness (QED) is 0.769. The van der Waals surface area contributed by atoms with Crippen LogP contribution in [0, 0.1) is 0 Å². The van der Waals surface area contributed by atoms with Crippen molar-refractivity contribution in [2.45, 2.75) is 0 Å². The molecule has 128 valence electrons. The summed E-state index contributed by atoms with van der Waals surface area (Å²) >= 11 is 0. The normalized spacial score (nSPS) is 11.0. The highest BCUT2D eigenvalue weighted by Crippen LogP contribution is 2.38. The van der Waals surface area contributed by atoms with Gasteiger partial charge in [0.25, 0.3) is 5.56 Å². The van der Waals surface area contributed by atoms with Crippen LogP contribution in [0.1, 0.15) is 11.4 Å². The summed E-state index contributed by atoms with van der Waals surface area (Å²) in [5, 5.41) is 0.451. The zero-order chi connectivity index (χ0) is 17.8. The van der Waals surface area contributed by atoms with Crippen LogP contribution in [-0.4, -0.2) is 36.3 Å². The molecule has 0 bridgehead atoms. The monoisotopic (exact) mass is 339 g/mol. The van der Waals surface area contributed by atoms with Crippen molar-refractivity contribution in [1.29, 1.82) is 0 Å². The van der Waals surface area contributed by atoms with Crippen LogP contribution in [0.2, 0.25) is 0 Å². The van der Waals surface area contributed by atoms with E-state index in [-0.39, 0.29) is 5.56 Å². The van der Waals surface area contributed by atoms with Crippen LogP contribution in [0.5, 0.6) is 17.2 Å². The van der Waals surface area contributed by atoms with E-state index in [1.807, 2.05) is 0 Å². The SMILES string of the molecule is COc1cc(/C=C/c2nc3ncccc3c(=O)[nH]2)cc(OC)c1OC. The van der Waals surface area contributed by atoms with E-state index in [2.05, 4.69) is 15.0 Å². The molecule has 7 heteroatoms. The lowest BCUT2D eigenvalue weighted by atomic mass is 10.1. The zero-order valence-electron chi connectivity index (χ0n) is 14.1. The Morgan fingerprint density at radius 1 is 1.04 bits per heavy atom. The molecule has 2 heterocycles. The van der Waals surface area contributed by atoms with Gasteiger partial charge in [-0.15, -0.1) is 0 Å². The lowest BCUT2D eigenvalue weighted by molar-refractivity contribution is 0.324. The van der Waals surface area contributed by atoms with Crippen LogP contribution in [0.25, 0.3) is 23.2 Å². The molecular formula is C18H17N3O4. The Balaban J connectivity index is 2.01. The van der Waals surface area contributed by atoms with Crippen LogP contribution >= 0.6 is 0 Å². The molecule has 1 N–H and O–H groups in total. The largest absolute Gasteiger partial charge is 0.493 e. The Morgan fingerprint density at radius 3 is 2.40 bits per heavy atom. The molecule has 0 aliphatic heterocycles. The number of nitrogens with zero attached hydrogens (tertiary/aromatic N) is 2. The van der Waals surface area contributed by atoms with E-state index in [4.69, 9.17) is 14.2 Å². The molecule has 0 amide bonds. The number of benzene rings is 1. The fourth-order valence-electron chi connectivity index (χ4n) is 2.44. The summed E-state index contributed by atoms with van der Waals surface area (Å²) in [5.74, 6) is 2.01. The standard InChI is InChI=1S/C18H17N3O4/c1-23-13-9-11(10-14(24-2)16(13)25-3)6-7-15-20-17-12(18(22)21-15)5-4-8-19-17/h4-10H,1-3H3,(H,19,20,21,22)/b7-6+. The minimum atomic E-state index is -0.234. The maximum Gasteiger partial charge on any atom is 0.260 e. The Labute approximate surface area is 143 Å². The number of fused-ring (bicyclic) bond motifs is 1. The van der Waals surface area contributed by atoms with Crippen LogP contribution in [0.3, 0.4) is 0 Å². The molecule has 2 aromatic heterocycles. The van der Waals surface area contributed by atoms with E-state index in [1.54, 1.807) is 63.9 Å². The third kappa shape index (κ3) is 3.30. The van der Waals surface area contributed by atoms with Gasteiger partial charge in [-0.3, -0.25) is 4.79 Å². The minimum absolute atomic E-state index is 0.234. The number of aromatic amines is 1. The van der Waals surface area contributed by atoms with Crippen molar-refractivity contribution < 1.29 is 14.2 Å². The van der Waals surface area contributed by atoms with Crippen LogP contribution in [0.4, 0.5) is 0 Å². The van der Waals surface area contributed by atoms with E-state index < -0.39 is 0 Å². The number of ether oxygens (including phenoxy) is 3. The van der Waals surface area contributed by atoms with Crippen LogP contribution < -0.4 is 19.8 Å². The molecule has 0 saturated heterocycles. The molecule has 0 radical (unpaired) electrons. The van der Waals surface area contributed by atoms with Gasteiger partial charge in [0.05, 0.1) is 26.7 Å². The highest BCUT2D eigenvalue weighted by molar-refractivity contribution is 5.76. The first-order valence-corrected chi connectivity index (χ1v) is 7.49. The molecule has 0 spiro atoms. The smallest absolute Gasteiger partial charge is 0.260 e. The number of H-pyrrole nitrogens is 1. The molecule has 25 heavy (non-hydrogen) atoms. The summed E-state index contributed by atoms with van der Waals surface area (Å²) < 4.78 is 15.9. The molecule has 0 fully saturated rings. The number of methoxy groups -OCH3 is 3. The number of aromatic nitrogens is 3. The fraction of sp³-hybridized carbons (Fsp3) is 0.167. The first-order valence-electron chi connectivity index (χ1n) is 7.49. The molecule has 0 saturated carbocycles. The minimum Gasteiger partial charge on any atom is -0.493 e. The molecule has 0 aliphatic rings. The van der Waals surface area contributed by atoms with Gasteiger partial charge in [-0.1, -0.05) is 6.08 Å². The maximum atomic E-state index is 12.1. The van der Waals surface area contributed by atoms with Gasteiger partial charge in [-0.05, 0) is 35.9 Å². The number of rotatable bonds is 5. The second-order valence-corrected chi connectivity index (χ2v) is 5.12. The summed E-state index contributed by atoms with van der Waals surface area (Å²) in [4.78, 5) is 23.2. The van der Waals surface area contributed by atoms with Crippen molar-refractivity contribution in [2.75, 3.05) is 21.3 Å². The van der Waals surface area contributed by atoms with E-state index in [0.29, 0.717) is 34.1 Å².